The van der Waals surface area contributed by atoms with Gasteiger partial charge in [0.25, 0.3) is 0 Å². The van der Waals surface area contributed by atoms with E-state index in [1.165, 1.54) is 22.5 Å². The Bertz CT molecular complexity index is 1000. The quantitative estimate of drug-likeness (QED) is 0.562. The summed E-state index contributed by atoms with van der Waals surface area (Å²) in [5.41, 5.74) is 0.313. The first-order chi connectivity index (χ1) is 13.3. The average Bonchev–Trinajstić information content (AvgIpc) is 2.67. The summed E-state index contributed by atoms with van der Waals surface area (Å²) < 4.78 is 42.0. The van der Waals surface area contributed by atoms with Gasteiger partial charge in [-0.2, -0.15) is 4.31 Å². The lowest BCUT2D eigenvalue weighted by atomic mass is 10.2. The highest BCUT2D eigenvalue weighted by Gasteiger charge is 2.29. The number of nitrogens with zero attached hydrogens (tertiary/aromatic N) is 2. The summed E-state index contributed by atoms with van der Waals surface area (Å²) in [5, 5.41) is 0. The number of piperazine rings is 1. The molecule has 28 heavy (non-hydrogen) atoms. The number of carbonyl (C=O) groups is 1. The largest absolute Gasteiger partial charge is 0.337 e. The highest BCUT2D eigenvalue weighted by molar-refractivity contribution is 9.10. The van der Waals surface area contributed by atoms with Crippen molar-refractivity contribution in [1.29, 1.82) is 0 Å². The van der Waals surface area contributed by atoms with Gasteiger partial charge in [0.1, 0.15) is 5.82 Å². The Labute approximate surface area is 180 Å². The third-order valence-electron chi connectivity index (χ3n) is 4.37. The monoisotopic (exact) mass is 530 g/mol. The number of hydrogen-bond donors (Lipinski definition) is 0. The molecule has 148 valence electrons. The SMILES string of the molecule is O=C(/C=C/c1ccc(Br)cc1F)N1CCN(S(=O)(=O)c2ccc(Br)cc2)CC1. The molecule has 0 unspecified atom stereocenters. The summed E-state index contributed by atoms with van der Waals surface area (Å²) in [6.07, 6.45) is 2.74. The van der Waals surface area contributed by atoms with Crippen LogP contribution in [0.4, 0.5) is 4.39 Å². The van der Waals surface area contributed by atoms with E-state index in [2.05, 4.69) is 31.9 Å². The second-order valence-corrected chi connectivity index (χ2v) is 9.95. The van der Waals surface area contributed by atoms with Crippen LogP contribution in [-0.2, 0) is 14.8 Å². The van der Waals surface area contributed by atoms with E-state index in [0.717, 1.165) is 4.47 Å². The first-order valence-corrected chi connectivity index (χ1v) is 11.5. The minimum Gasteiger partial charge on any atom is -0.337 e. The minimum absolute atomic E-state index is 0.213. The Balaban J connectivity index is 1.62. The van der Waals surface area contributed by atoms with Crippen LogP contribution in [0.1, 0.15) is 5.56 Å². The molecule has 0 radical (unpaired) electrons. The Morgan fingerprint density at radius 1 is 0.964 bits per heavy atom. The maximum atomic E-state index is 13.8. The van der Waals surface area contributed by atoms with Crippen LogP contribution in [-0.4, -0.2) is 49.7 Å². The first-order valence-electron chi connectivity index (χ1n) is 8.45. The van der Waals surface area contributed by atoms with E-state index in [0.29, 0.717) is 10.0 Å². The molecule has 3 rings (SSSR count). The molecule has 0 N–H and O–H groups in total. The number of carbonyl (C=O) groups excluding carboxylic acids is 1. The molecule has 1 saturated heterocycles. The number of hydrogen-bond acceptors (Lipinski definition) is 3. The van der Waals surface area contributed by atoms with Crippen LogP contribution in [0.5, 0.6) is 0 Å². The van der Waals surface area contributed by atoms with E-state index >= 15 is 0 Å². The van der Waals surface area contributed by atoms with Gasteiger partial charge >= 0.3 is 0 Å². The van der Waals surface area contributed by atoms with Gasteiger partial charge in [0.2, 0.25) is 15.9 Å². The molecule has 0 aliphatic carbocycles. The predicted octanol–water partition coefficient (Wildman–Crippen LogP) is 3.90. The molecular weight excluding hydrogens is 515 g/mol. The van der Waals surface area contributed by atoms with Gasteiger partial charge in [0, 0.05) is 46.8 Å². The van der Waals surface area contributed by atoms with E-state index in [9.17, 15) is 17.6 Å². The maximum Gasteiger partial charge on any atom is 0.246 e. The van der Waals surface area contributed by atoms with Crippen LogP contribution in [0, 0.1) is 5.82 Å². The smallest absolute Gasteiger partial charge is 0.246 e. The molecule has 1 fully saturated rings. The number of rotatable bonds is 4. The summed E-state index contributed by atoms with van der Waals surface area (Å²) in [6.45, 7) is 0.985. The van der Waals surface area contributed by atoms with Gasteiger partial charge in [0.15, 0.2) is 0 Å². The van der Waals surface area contributed by atoms with Crippen LogP contribution >= 0.6 is 31.9 Å². The second kappa shape index (κ2) is 8.86. The summed E-state index contributed by atoms with van der Waals surface area (Å²) in [5.74, 6) is -0.702. The Morgan fingerprint density at radius 2 is 1.57 bits per heavy atom. The van der Waals surface area contributed by atoms with Crippen molar-refractivity contribution < 1.29 is 17.6 Å². The maximum absolute atomic E-state index is 13.8. The molecule has 2 aromatic carbocycles. The molecule has 0 atom stereocenters. The molecular formula is C19H17Br2FN2O3S. The fraction of sp³-hybridized carbons (Fsp3) is 0.211. The van der Waals surface area contributed by atoms with E-state index in [1.54, 1.807) is 41.3 Å². The Morgan fingerprint density at radius 3 is 2.18 bits per heavy atom. The zero-order valence-corrected chi connectivity index (χ0v) is 18.7. The fourth-order valence-electron chi connectivity index (χ4n) is 2.81. The molecule has 0 saturated carbocycles. The van der Waals surface area contributed by atoms with E-state index in [-0.39, 0.29) is 37.0 Å². The lowest BCUT2D eigenvalue weighted by Gasteiger charge is -2.33. The van der Waals surface area contributed by atoms with Crippen LogP contribution < -0.4 is 0 Å². The third kappa shape index (κ3) is 4.89. The van der Waals surface area contributed by atoms with Crippen molar-refractivity contribution in [3.63, 3.8) is 0 Å². The molecule has 1 aliphatic heterocycles. The lowest BCUT2D eigenvalue weighted by Crippen LogP contribution is -2.50. The van der Waals surface area contributed by atoms with Crippen molar-refractivity contribution in [1.82, 2.24) is 9.21 Å². The zero-order valence-electron chi connectivity index (χ0n) is 14.7. The molecule has 1 aliphatic rings. The van der Waals surface area contributed by atoms with Crippen molar-refractivity contribution in [2.24, 2.45) is 0 Å². The predicted molar refractivity (Wildman–Crippen MR) is 113 cm³/mol. The summed E-state index contributed by atoms with van der Waals surface area (Å²) in [4.78, 5) is 14.1. The van der Waals surface area contributed by atoms with Crippen molar-refractivity contribution >= 4 is 53.9 Å². The van der Waals surface area contributed by atoms with Gasteiger partial charge in [-0.15, -0.1) is 0 Å². The van der Waals surface area contributed by atoms with E-state index in [4.69, 9.17) is 0 Å². The molecule has 2 aromatic rings. The van der Waals surface area contributed by atoms with Crippen molar-refractivity contribution in [3.05, 3.63) is 68.9 Å². The van der Waals surface area contributed by atoms with Crippen molar-refractivity contribution in [3.8, 4) is 0 Å². The number of halogens is 3. The van der Waals surface area contributed by atoms with Gasteiger partial charge < -0.3 is 4.90 Å². The molecule has 0 aromatic heterocycles. The summed E-state index contributed by atoms with van der Waals surface area (Å²) >= 11 is 6.47. The minimum atomic E-state index is -3.59. The van der Waals surface area contributed by atoms with Gasteiger partial charge in [0.05, 0.1) is 4.90 Å². The van der Waals surface area contributed by atoms with Crippen molar-refractivity contribution in [2.75, 3.05) is 26.2 Å². The fourth-order valence-corrected chi connectivity index (χ4v) is 4.83. The topological polar surface area (TPSA) is 57.7 Å². The zero-order chi connectivity index (χ0) is 20.3. The van der Waals surface area contributed by atoms with E-state index in [1.807, 2.05) is 0 Å². The molecule has 0 bridgehead atoms. The molecule has 1 amide bonds. The van der Waals surface area contributed by atoms with Gasteiger partial charge in [-0.3, -0.25) is 4.79 Å². The molecule has 5 nitrogen and oxygen atoms in total. The first kappa shape index (κ1) is 21.2. The number of amides is 1. The van der Waals surface area contributed by atoms with Crippen LogP contribution in [0.25, 0.3) is 6.08 Å². The van der Waals surface area contributed by atoms with Crippen LogP contribution in [0.2, 0.25) is 0 Å². The number of sulfonamides is 1. The molecule has 9 heteroatoms. The number of benzene rings is 2. The second-order valence-electron chi connectivity index (χ2n) is 6.18. The molecule has 1 heterocycles. The highest BCUT2D eigenvalue weighted by Crippen LogP contribution is 2.20. The Hall–Kier alpha value is -1.55. The standard InChI is InChI=1S/C19H17Br2FN2O3S/c20-15-4-6-17(7-5-15)28(26,27)24-11-9-23(10-12-24)19(25)8-2-14-1-3-16(21)13-18(14)22/h1-8,13H,9-12H2/b8-2+. The van der Waals surface area contributed by atoms with Crippen molar-refractivity contribution in [2.45, 2.75) is 4.90 Å². The van der Waals surface area contributed by atoms with Crippen LogP contribution in [0.15, 0.2) is 62.4 Å². The van der Waals surface area contributed by atoms with Gasteiger partial charge in [-0.1, -0.05) is 37.9 Å². The normalized spacial score (nSPS) is 15.9. The summed E-state index contributed by atoms with van der Waals surface area (Å²) in [6, 6.07) is 11.1. The van der Waals surface area contributed by atoms with Crippen LogP contribution in [0.3, 0.4) is 0 Å². The third-order valence-corrected chi connectivity index (χ3v) is 7.30. The van der Waals surface area contributed by atoms with E-state index < -0.39 is 15.8 Å². The summed E-state index contributed by atoms with van der Waals surface area (Å²) in [7, 11) is -3.59. The average molecular weight is 532 g/mol. The highest BCUT2D eigenvalue weighted by atomic mass is 79.9. The molecule has 0 spiro atoms. The van der Waals surface area contributed by atoms with Gasteiger partial charge in [-0.25, -0.2) is 12.8 Å². The lowest BCUT2D eigenvalue weighted by molar-refractivity contribution is -0.127. The Kier molecular flexibility index (Phi) is 6.69. The van der Waals surface area contributed by atoms with Gasteiger partial charge in [-0.05, 0) is 42.5 Å².